The molecule has 0 atom stereocenters. The van der Waals surface area contributed by atoms with Gasteiger partial charge in [-0.15, -0.1) is 13.2 Å². The predicted molar refractivity (Wildman–Crippen MR) is 81.0 cm³/mol. The maximum atomic E-state index is 12.5. The zero-order valence-electron chi connectivity index (χ0n) is 12.6. The van der Waals surface area contributed by atoms with E-state index in [2.05, 4.69) is 16.6 Å². The third-order valence-electron chi connectivity index (χ3n) is 3.78. The van der Waals surface area contributed by atoms with Crippen molar-refractivity contribution in [3.63, 3.8) is 0 Å². The van der Waals surface area contributed by atoms with Crippen molar-refractivity contribution >= 4 is 5.69 Å². The van der Waals surface area contributed by atoms with Gasteiger partial charge >= 0.3 is 6.36 Å². The van der Waals surface area contributed by atoms with Gasteiger partial charge < -0.3 is 9.64 Å². The molecule has 0 saturated carbocycles. The largest absolute Gasteiger partial charge is 0.573 e. The van der Waals surface area contributed by atoms with Crippen molar-refractivity contribution in [1.82, 2.24) is 4.90 Å². The van der Waals surface area contributed by atoms with Gasteiger partial charge in [-0.2, -0.15) is 0 Å². The predicted octanol–water partition coefficient (Wildman–Crippen LogP) is 3.71. The molecule has 22 heavy (non-hydrogen) atoms. The van der Waals surface area contributed by atoms with Crippen molar-refractivity contribution in [3.8, 4) is 5.75 Å². The van der Waals surface area contributed by atoms with Gasteiger partial charge in [0.2, 0.25) is 0 Å². The third kappa shape index (κ3) is 5.09. The van der Waals surface area contributed by atoms with E-state index in [4.69, 9.17) is 0 Å². The number of anilines is 1. The minimum absolute atomic E-state index is 0.125. The summed E-state index contributed by atoms with van der Waals surface area (Å²) in [6.45, 7) is 8.00. The normalized spacial score (nSPS) is 16.8. The summed E-state index contributed by atoms with van der Waals surface area (Å²) < 4.78 is 41.5. The first kappa shape index (κ1) is 16.9. The number of halogens is 3. The molecular formula is C16H22F3N2O. The van der Waals surface area contributed by atoms with Crippen molar-refractivity contribution in [1.29, 1.82) is 0 Å². The van der Waals surface area contributed by atoms with Crippen molar-refractivity contribution < 1.29 is 17.9 Å². The number of hydrogen-bond donors (Lipinski definition) is 0. The first-order valence-corrected chi connectivity index (χ1v) is 7.61. The Labute approximate surface area is 129 Å². The molecule has 2 rings (SSSR count). The van der Waals surface area contributed by atoms with Crippen LogP contribution in [0.1, 0.15) is 19.3 Å². The van der Waals surface area contributed by atoms with Gasteiger partial charge in [0.1, 0.15) is 0 Å². The van der Waals surface area contributed by atoms with E-state index in [1.807, 2.05) is 4.90 Å². The Balaban J connectivity index is 1.94. The molecule has 0 aromatic heterocycles. The maximum Gasteiger partial charge on any atom is 0.573 e. The van der Waals surface area contributed by atoms with Crippen molar-refractivity contribution in [3.05, 3.63) is 31.2 Å². The van der Waals surface area contributed by atoms with Gasteiger partial charge in [0.25, 0.3) is 0 Å². The lowest BCUT2D eigenvalue weighted by atomic mass is 10.2. The van der Waals surface area contributed by atoms with Crippen LogP contribution in [-0.2, 0) is 0 Å². The van der Waals surface area contributed by atoms with E-state index in [-0.39, 0.29) is 5.75 Å². The molecule has 0 spiro atoms. The average molecular weight is 315 g/mol. The van der Waals surface area contributed by atoms with Crippen molar-refractivity contribution in [2.75, 3.05) is 37.6 Å². The minimum atomic E-state index is -4.66. The fourth-order valence-corrected chi connectivity index (χ4v) is 2.65. The summed E-state index contributed by atoms with van der Waals surface area (Å²) in [6, 6.07) is 6.34. The highest BCUT2D eigenvalue weighted by Gasteiger charge is 2.33. The molecule has 1 aromatic rings. The van der Waals surface area contributed by atoms with Crippen LogP contribution in [-0.4, -0.2) is 44.0 Å². The topological polar surface area (TPSA) is 15.7 Å². The molecule has 1 aliphatic rings. The summed E-state index contributed by atoms with van der Waals surface area (Å²) in [5.41, 5.74) is 0.511. The molecule has 0 bridgehead atoms. The van der Waals surface area contributed by atoms with Crippen LogP contribution in [0, 0.1) is 6.92 Å². The van der Waals surface area contributed by atoms with Crippen LogP contribution < -0.4 is 9.64 Å². The summed E-state index contributed by atoms with van der Waals surface area (Å²) in [5, 5.41) is 0. The molecule has 1 radical (unpaired) electrons. The summed E-state index contributed by atoms with van der Waals surface area (Å²) in [7, 11) is 0. The van der Waals surface area contributed by atoms with Crippen LogP contribution in [0.25, 0.3) is 0 Å². The Bertz CT molecular complexity index is 457. The third-order valence-corrected chi connectivity index (χ3v) is 3.78. The van der Waals surface area contributed by atoms with E-state index in [0.29, 0.717) is 18.8 Å². The number of para-hydroxylation sites is 2. The van der Waals surface area contributed by atoms with E-state index >= 15 is 0 Å². The van der Waals surface area contributed by atoms with Crippen LogP contribution in [0.5, 0.6) is 5.75 Å². The number of nitrogens with zero attached hydrogens (tertiary/aromatic N) is 2. The van der Waals surface area contributed by atoms with Crippen LogP contribution in [0.2, 0.25) is 0 Å². The van der Waals surface area contributed by atoms with Crippen LogP contribution in [0.4, 0.5) is 18.9 Å². The SMILES string of the molecule is [CH2]CCCCN1CCN(c2ccccc2OC(F)(F)F)CC1. The van der Waals surface area contributed by atoms with Crippen molar-refractivity contribution in [2.45, 2.75) is 25.6 Å². The highest BCUT2D eigenvalue weighted by atomic mass is 19.4. The molecule has 1 heterocycles. The second-order valence-corrected chi connectivity index (χ2v) is 5.40. The molecule has 123 valence electrons. The minimum Gasteiger partial charge on any atom is -0.404 e. The van der Waals surface area contributed by atoms with Crippen molar-refractivity contribution in [2.24, 2.45) is 0 Å². The summed E-state index contributed by atoms with van der Waals surface area (Å²) in [6.07, 6.45) is -1.48. The molecule has 0 aliphatic carbocycles. The molecule has 1 fully saturated rings. The Kier molecular flexibility index (Phi) is 5.94. The Morgan fingerprint density at radius 2 is 1.73 bits per heavy atom. The number of hydrogen-bond acceptors (Lipinski definition) is 3. The maximum absolute atomic E-state index is 12.5. The van der Waals surface area contributed by atoms with Gasteiger partial charge in [0, 0.05) is 26.2 Å². The molecule has 6 heteroatoms. The smallest absolute Gasteiger partial charge is 0.404 e. The lowest BCUT2D eigenvalue weighted by molar-refractivity contribution is -0.274. The highest BCUT2D eigenvalue weighted by molar-refractivity contribution is 5.58. The van der Waals surface area contributed by atoms with Gasteiger partial charge in [-0.05, 0) is 25.1 Å². The lowest BCUT2D eigenvalue weighted by Gasteiger charge is -2.36. The van der Waals surface area contributed by atoms with E-state index in [1.54, 1.807) is 18.2 Å². The second-order valence-electron chi connectivity index (χ2n) is 5.40. The van der Waals surface area contributed by atoms with Gasteiger partial charge in [-0.25, -0.2) is 0 Å². The Morgan fingerprint density at radius 3 is 2.36 bits per heavy atom. The first-order valence-electron chi connectivity index (χ1n) is 7.61. The number of ether oxygens (including phenoxy) is 1. The molecular weight excluding hydrogens is 293 g/mol. The average Bonchev–Trinajstić information content (AvgIpc) is 2.47. The number of alkyl halides is 3. The van der Waals surface area contributed by atoms with Crippen LogP contribution in [0.15, 0.2) is 24.3 Å². The Hall–Kier alpha value is -1.43. The number of unbranched alkanes of at least 4 members (excludes halogenated alkanes) is 2. The summed E-state index contributed by atoms with van der Waals surface area (Å²) in [4.78, 5) is 4.30. The second kappa shape index (κ2) is 7.72. The summed E-state index contributed by atoms with van der Waals surface area (Å²) in [5.74, 6) is -0.125. The fraction of sp³-hybridized carbons (Fsp3) is 0.562. The first-order chi connectivity index (χ1) is 10.5. The number of piperazine rings is 1. The van der Waals surface area contributed by atoms with E-state index in [9.17, 15) is 13.2 Å². The monoisotopic (exact) mass is 315 g/mol. The number of rotatable bonds is 6. The lowest BCUT2D eigenvalue weighted by Crippen LogP contribution is -2.46. The molecule has 0 N–H and O–H groups in total. The quantitative estimate of drug-likeness (QED) is 0.744. The summed E-state index contributed by atoms with van der Waals surface area (Å²) >= 11 is 0. The molecule has 1 saturated heterocycles. The molecule has 0 unspecified atom stereocenters. The number of benzene rings is 1. The standard InChI is InChI=1S/C16H22F3N2O/c1-2-3-6-9-20-10-12-21(13-11-20)14-7-4-5-8-15(14)22-16(17,18)19/h4-5,7-8H,1-3,6,9-13H2. The molecule has 1 aliphatic heterocycles. The zero-order valence-corrected chi connectivity index (χ0v) is 12.6. The van der Waals surface area contributed by atoms with Gasteiger partial charge in [-0.3, -0.25) is 4.90 Å². The van der Waals surface area contributed by atoms with E-state index in [0.717, 1.165) is 38.9 Å². The molecule has 3 nitrogen and oxygen atoms in total. The van der Waals surface area contributed by atoms with Gasteiger partial charge in [0.05, 0.1) is 5.69 Å². The van der Waals surface area contributed by atoms with Crippen LogP contribution >= 0.6 is 0 Å². The van der Waals surface area contributed by atoms with Gasteiger partial charge in [-0.1, -0.05) is 31.9 Å². The van der Waals surface area contributed by atoms with Crippen LogP contribution in [0.3, 0.4) is 0 Å². The van der Waals surface area contributed by atoms with Gasteiger partial charge in [0.15, 0.2) is 5.75 Å². The van der Waals surface area contributed by atoms with E-state index in [1.165, 1.54) is 6.07 Å². The zero-order chi connectivity index (χ0) is 16.0. The molecule has 0 amide bonds. The fourth-order valence-electron chi connectivity index (χ4n) is 2.65. The highest BCUT2D eigenvalue weighted by Crippen LogP contribution is 2.33. The Morgan fingerprint density at radius 1 is 1.05 bits per heavy atom. The van der Waals surface area contributed by atoms with E-state index < -0.39 is 6.36 Å². The molecule has 1 aromatic carbocycles.